The number of likely N-dealkylation sites (tertiary alicyclic amines) is 1. The summed E-state index contributed by atoms with van der Waals surface area (Å²) in [5, 5.41) is 1.17. The molecule has 1 atom stereocenters. The molecule has 0 bridgehead atoms. The van der Waals surface area contributed by atoms with Crippen LogP contribution < -0.4 is 0 Å². The fraction of sp³-hybridized carbons (Fsp3) is 0.462. The first kappa shape index (κ1) is 12.7. The number of carbonyl (C=O) groups excluding carboxylic acids is 1. The van der Waals surface area contributed by atoms with Crippen LogP contribution in [-0.2, 0) is 11.2 Å². The predicted molar refractivity (Wildman–Crippen MR) is 70.6 cm³/mol. The third kappa shape index (κ3) is 2.93. The van der Waals surface area contributed by atoms with Crippen molar-refractivity contribution in [1.29, 1.82) is 0 Å². The van der Waals surface area contributed by atoms with Gasteiger partial charge in [0.15, 0.2) is 0 Å². The Morgan fingerprint density at radius 3 is 2.82 bits per heavy atom. The number of rotatable bonds is 2. The number of benzene rings is 1. The SMILES string of the molecule is CC1CCCN1C(=O)Cc1ccc(Cl)cc1Cl. The molecule has 1 aromatic rings. The van der Waals surface area contributed by atoms with Crippen molar-refractivity contribution >= 4 is 29.1 Å². The van der Waals surface area contributed by atoms with Gasteiger partial charge >= 0.3 is 0 Å². The van der Waals surface area contributed by atoms with Gasteiger partial charge < -0.3 is 4.90 Å². The number of amides is 1. The van der Waals surface area contributed by atoms with Crippen LogP contribution in [0.4, 0.5) is 0 Å². The third-order valence-corrected chi connectivity index (χ3v) is 3.82. The summed E-state index contributed by atoms with van der Waals surface area (Å²) in [6.45, 7) is 2.96. The molecule has 1 aliphatic rings. The van der Waals surface area contributed by atoms with Crippen LogP contribution in [0.2, 0.25) is 10.0 Å². The highest BCUT2D eigenvalue weighted by Crippen LogP contribution is 2.23. The Kier molecular flexibility index (Phi) is 3.95. The molecule has 92 valence electrons. The van der Waals surface area contributed by atoms with Gasteiger partial charge in [0.05, 0.1) is 6.42 Å². The molecule has 1 aliphatic heterocycles. The molecule has 1 amide bonds. The predicted octanol–water partition coefficient (Wildman–Crippen LogP) is 3.55. The van der Waals surface area contributed by atoms with E-state index in [0.29, 0.717) is 22.5 Å². The summed E-state index contributed by atoms with van der Waals surface area (Å²) < 4.78 is 0. The van der Waals surface area contributed by atoms with Gasteiger partial charge in [0, 0.05) is 22.6 Å². The number of nitrogens with zero attached hydrogens (tertiary/aromatic N) is 1. The first-order chi connectivity index (χ1) is 8.08. The Bertz CT molecular complexity index is 433. The van der Waals surface area contributed by atoms with Gasteiger partial charge in [-0.25, -0.2) is 0 Å². The average Bonchev–Trinajstić information content (AvgIpc) is 2.68. The molecule has 0 radical (unpaired) electrons. The second-order valence-electron chi connectivity index (χ2n) is 4.49. The van der Waals surface area contributed by atoms with Crippen LogP contribution in [0.3, 0.4) is 0 Å². The fourth-order valence-electron chi connectivity index (χ4n) is 2.23. The molecule has 1 saturated heterocycles. The Morgan fingerprint density at radius 2 is 2.24 bits per heavy atom. The first-order valence-corrected chi connectivity index (χ1v) is 6.57. The van der Waals surface area contributed by atoms with Gasteiger partial charge in [-0.1, -0.05) is 29.3 Å². The normalized spacial score (nSPS) is 19.7. The molecule has 0 aliphatic carbocycles. The van der Waals surface area contributed by atoms with E-state index in [2.05, 4.69) is 6.92 Å². The maximum atomic E-state index is 12.1. The van der Waals surface area contributed by atoms with Crippen molar-refractivity contribution in [1.82, 2.24) is 4.90 Å². The minimum atomic E-state index is 0.152. The number of carbonyl (C=O) groups is 1. The van der Waals surface area contributed by atoms with Crippen molar-refractivity contribution < 1.29 is 4.79 Å². The molecular weight excluding hydrogens is 257 g/mol. The Labute approximate surface area is 112 Å². The van der Waals surface area contributed by atoms with E-state index in [4.69, 9.17) is 23.2 Å². The van der Waals surface area contributed by atoms with Gasteiger partial charge in [-0.05, 0) is 37.5 Å². The maximum Gasteiger partial charge on any atom is 0.227 e. The molecule has 1 unspecified atom stereocenters. The Balaban J connectivity index is 2.07. The summed E-state index contributed by atoms with van der Waals surface area (Å²) >= 11 is 11.9. The molecule has 0 aromatic heterocycles. The average molecular weight is 272 g/mol. The fourth-order valence-corrected chi connectivity index (χ4v) is 2.71. The summed E-state index contributed by atoms with van der Waals surface area (Å²) in [6, 6.07) is 5.62. The van der Waals surface area contributed by atoms with Crippen molar-refractivity contribution in [3.8, 4) is 0 Å². The lowest BCUT2D eigenvalue weighted by Crippen LogP contribution is -2.34. The smallest absolute Gasteiger partial charge is 0.227 e. The van der Waals surface area contributed by atoms with Gasteiger partial charge in [-0.2, -0.15) is 0 Å². The zero-order chi connectivity index (χ0) is 12.4. The van der Waals surface area contributed by atoms with E-state index in [1.807, 2.05) is 11.0 Å². The molecule has 1 aromatic carbocycles. The first-order valence-electron chi connectivity index (χ1n) is 5.81. The highest BCUT2D eigenvalue weighted by molar-refractivity contribution is 6.35. The standard InChI is InChI=1S/C13H15Cl2NO/c1-9-3-2-6-16(9)13(17)7-10-4-5-11(14)8-12(10)15/h4-5,8-9H,2-3,6-7H2,1H3. The van der Waals surface area contributed by atoms with Gasteiger partial charge in [0.2, 0.25) is 5.91 Å². The van der Waals surface area contributed by atoms with E-state index in [1.165, 1.54) is 0 Å². The van der Waals surface area contributed by atoms with Crippen LogP contribution in [-0.4, -0.2) is 23.4 Å². The van der Waals surface area contributed by atoms with Crippen molar-refractivity contribution in [3.63, 3.8) is 0 Å². The van der Waals surface area contributed by atoms with Crippen LogP contribution in [0.1, 0.15) is 25.3 Å². The molecule has 2 rings (SSSR count). The third-order valence-electron chi connectivity index (χ3n) is 3.23. The van der Waals surface area contributed by atoms with Crippen LogP contribution in [0.15, 0.2) is 18.2 Å². The van der Waals surface area contributed by atoms with Crippen LogP contribution in [0.5, 0.6) is 0 Å². The lowest BCUT2D eigenvalue weighted by molar-refractivity contribution is -0.130. The van der Waals surface area contributed by atoms with Crippen LogP contribution >= 0.6 is 23.2 Å². The minimum Gasteiger partial charge on any atom is -0.340 e. The molecule has 1 fully saturated rings. The quantitative estimate of drug-likeness (QED) is 0.806. The van der Waals surface area contributed by atoms with E-state index >= 15 is 0 Å². The summed E-state index contributed by atoms with van der Waals surface area (Å²) in [7, 11) is 0. The molecule has 1 heterocycles. The van der Waals surface area contributed by atoms with Crippen molar-refractivity contribution in [2.24, 2.45) is 0 Å². The van der Waals surface area contributed by atoms with E-state index in [1.54, 1.807) is 12.1 Å². The topological polar surface area (TPSA) is 20.3 Å². The minimum absolute atomic E-state index is 0.152. The van der Waals surface area contributed by atoms with E-state index in [-0.39, 0.29) is 5.91 Å². The highest BCUT2D eigenvalue weighted by atomic mass is 35.5. The molecule has 4 heteroatoms. The maximum absolute atomic E-state index is 12.1. The van der Waals surface area contributed by atoms with Crippen LogP contribution in [0.25, 0.3) is 0 Å². The van der Waals surface area contributed by atoms with Gasteiger partial charge in [-0.3, -0.25) is 4.79 Å². The van der Waals surface area contributed by atoms with Crippen LogP contribution in [0, 0.1) is 0 Å². The molecule has 0 saturated carbocycles. The number of halogens is 2. The van der Waals surface area contributed by atoms with Crippen molar-refractivity contribution in [2.75, 3.05) is 6.54 Å². The molecular formula is C13H15Cl2NO. The molecule has 17 heavy (non-hydrogen) atoms. The largest absolute Gasteiger partial charge is 0.340 e. The molecule has 0 spiro atoms. The van der Waals surface area contributed by atoms with Gasteiger partial charge in [0.25, 0.3) is 0 Å². The second kappa shape index (κ2) is 5.28. The zero-order valence-electron chi connectivity index (χ0n) is 9.75. The van der Waals surface area contributed by atoms with Crippen molar-refractivity contribution in [3.05, 3.63) is 33.8 Å². The zero-order valence-corrected chi connectivity index (χ0v) is 11.3. The Hall–Kier alpha value is -0.730. The summed E-state index contributed by atoms with van der Waals surface area (Å²) in [6.07, 6.45) is 2.56. The lowest BCUT2D eigenvalue weighted by atomic mass is 10.1. The molecule has 2 nitrogen and oxygen atoms in total. The van der Waals surface area contributed by atoms with Crippen molar-refractivity contribution in [2.45, 2.75) is 32.2 Å². The Morgan fingerprint density at radius 1 is 1.47 bits per heavy atom. The second-order valence-corrected chi connectivity index (χ2v) is 5.33. The van der Waals surface area contributed by atoms with E-state index in [9.17, 15) is 4.79 Å². The van der Waals surface area contributed by atoms with E-state index < -0.39 is 0 Å². The van der Waals surface area contributed by atoms with E-state index in [0.717, 1.165) is 24.9 Å². The highest BCUT2D eigenvalue weighted by Gasteiger charge is 2.25. The molecule has 0 N–H and O–H groups in total. The van der Waals surface area contributed by atoms with Gasteiger partial charge in [-0.15, -0.1) is 0 Å². The summed E-state index contributed by atoms with van der Waals surface area (Å²) in [5.41, 5.74) is 0.847. The lowest BCUT2D eigenvalue weighted by Gasteiger charge is -2.21. The number of hydrogen-bond acceptors (Lipinski definition) is 1. The summed E-state index contributed by atoms with van der Waals surface area (Å²) in [4.78, 5) is 14.0. The summed E-state index contributed by atoms with van der Waals surface area (Å²) in [5.74, 6) is 0.152. The number of hydrogen-bond donors (Lipinski definition) is 0. The monoisotopic (exact) mass is 271 g/mol. The van der Waals surface area contributed by atoms with Gasteiger partial charge in [0.1, 0.15) is 0 Å².